The zero-order chi connectivity index (χ0) is 14.9. The van der Waals surface area contributed by atoms with Crippen LogP contribution in [0.1, 0.15) is 52.4 Å². The second-order valence-corrected chi connectivity index (χ2v) is 5.57. The van der Waals surface area contributed by atoms with Crippen LogP contribution in [0.25, 0.3) is 0 Å². The lowest BCUT2D eigenvalue weighted by atomic mass is 10.1. The number of nitrogens with one attached hydrogen (secondary N) is 2. The number of hydrogen-bond donors (Lipinski definition) is 2. The molecule has 118 valence electrons. The van der Waals surface area contributed by atoms with Gasteiger partial charge >= 0.3 is 6.01 Å². The summed E-state index contributed by atoms with van der Waals surface area (Å²) in [7, 11) is 0. The quantitative estimate of drug-likeness (QED) is 0.729. The summed E-state index contributed by atoms with van der Waals surface area (Å²) in [5.74, 6) is 1.95. The molecule has 0 atom stereocenters. The molecule has 0 spiro atoms. The predicted molar refractivity (Wildman–Crippen MR) is 84.8 cm³/mol. The maximum absolute atomic E-state index is 5.55. The fourth-order valence-electron chi connectivity index (χ4n) is 2.46. The van der Waals surface area contributed by atoms with Gasteiger partial charge in [0.05, 0.1) is 6.61 Å². The van der Waals surface area contributed by atoms with E-state index in [4.69, 9.17) is 4.74 Å². The van der Waals surface area contributed by atoms with E-state index in [1.165, 1.54) is 25.7 Å². The van der Waals surface area contributed by atoms with Crippen molar-refractivity contribution in [1.82, 2.24) is 15.0 Å². The molecular weight excluding hydrogens is 266 g/mol. The molecule has 0 radical (unpaired) electrons. The normalized spacial score (nSPS) is 15.1. The number of rotatable bonds is 9. The molecule has 0 saturated heterocycles. The third-order valence-electron chi connectivity index (χ3n) is 3.61. The lowest BCUT2D eigenvalue weighted by molar-refractivity contribution is 0.292. The van der Waals surface area contributed by atoms with Crippen LogP contribution >= 0.6 is 0 Å². The van der Waals surface area contributed by atoms with Gasteiger partial charge in [0, 0.05) is 13.1 Å². The zero-order valence-electron chi connectivity index (χ0n) is 13.2. The molecule has 0 amide bonds. The molecule has 1 heterocycles. The van der Waals surface area contributed by atoms with Gasteiger partial charge in [0.2, 0.25) is 11.9 Å². The van der Waals surface area contributed by atoms with E-state index in [0.29, 0.717) is 24.5 Å². The summed E-state index contributed by atoms with van der Waals surface area (Å²) in [6, 6.07) is 0.402. The van der Waals surface area contributed by atoms with Gasteiger partial charge in [-0.15, -0.1) is 0 Å². The monoisotopic (exact) mass is 293 g/mol. The predicted octanol–water partition coefficient (Wildman–Crippen LogP) is 3.08. The lowest BCUT2D eigenvalue weighted by Crippen LogP contribution is -2.15. The Hall–Kier alpha value is -1.59. The number of nitrogens with zero attached hydrogens (tertiary/aromatic N) is 3. The van der Waals surface area contributed by atoms with E-state index < -0.39 is 0 Å². The number of ether oxygens (including phenoxy) is 1. The SMILES string of the molecule is CCCNc1nc(NCC2CCCC2)nc(OCCC)n1. The van der Waals surface area contributed by atoms with Gasteiger partial charge in [0.25, 0.3) is 0 Å². The third-order valence-corrected chi connectivity index (χ3v) is 3.61. The number of aromatic nitrogens is 3. The molecule has 1 aliphatic carbocycles. The van der Waals surface area contributed by atoms with Gasteiger partial charge in [-0.2, -0.15) is 15.0 Å². The standard InChI is InChI=1S/C15H27N5O/c1-3-9-16-13-18-14(17-11-12-7-5-6-8-12)20-15(19-13)21-10-4-2/h12H,3-11H2,1-2H3,(H2,16,17,18,19,20). The zero-order valence-corrected chi connectivity index (χ0v) is 13.2. The Balaban J connectivity index is 1.98. The molecule has 1 aliphatic rings. The molecule has 1 aromatic heterocycles. The Morgan fingerprint density at radius 1 is 1.00 bits per heavy atom. The Morgan fingerprint density at radius 2 is 1.71 bits per heavy atom. The van der Waals surface area contributed by atoms with Crippen LogP contribution in [0.5, 0.6) is 6.01 Å². The van der Waals surface area contributed by atoms with Gasteiger partial charge in [0.1, 0.15) is 0 Å². The van der Waals surface area contributed by atoms with Crippen LogP contribution in [0.4, 0.5) is 11.9 Å². The van der Waals surface area contributed by atoms with Crippen molar-refractivity contribution >= 4 is 11.9 Å². The van der Waals surface area contributed by atoms with Crippen molar-refractivity contribution in [2.45, 2.75) is 52.4 Å². The van der Waals surface area contributed by atoms with Gasteiger partial charge in [-0.25, -0.2) is 0 Å². The summed E-state index contributed by atoms with van der Waals surface area (Å²) in [5, 5.41) is 6.54. The van der Waals surface area contributed by atoms with E-state index in [2.05, 4.69) is 39.4 Å². The van der Waals surface area contributed by atoms with E-state index in [1.807, 2.05) is 0 Å². The third kappa shape index (κ3) is 5.36. The smallest absolute Gasteiger partial charge is 0.323 e. The highest BCUT2D eigenvalue weighted by atomic mass is 16.5. The Bertz CT molecular complexity index is 394. The minimum atomic E-state index is 0.402. The van der Waals surface area contributed by atoms with Crippen LogP contribution in [0.2, 0.25) is 0 Å². The summed E-state index contributed by atoms with van der Waals surface area (Å²) in [6.45, 7) is 6.58. The highest BCUT2D eigenvalue weighted by Gasteiger charge is 2.15. The van der Waals surface area contributed by atoms with Crippen molar-refractivity contribution < 1.29 is 4.74 Å². The van der Waals surface area contributed by atoms with Crippen LogP contribution in [-0.2, 0) is 0 Å². The maximum atomic E-state index is 5.55. The highest BCUT2D eigenvalue weighted by molar-refractivity contribution is 5.35. The van der Waals surface area contributed by atoms with Gasteiger partial charge in [-0.3, -0.25) is 0 Å². The molecule has 21 heavy (non-hydrogen) atoms. The van der Waals surface area contributed by atoms with E-state index in [9.17, 15) is 0 Å². The summed E-state index contributed by atoms with van der Waals surface area (Å²) < 4.78 is 5.55. The molecule has 6 heteroatoms. The Morgan fingerprint density at radius 3 is 2.38 bits per heavy atom. The molecule has 1 fully saturated rings. The topological polar surface area (TPSA) is 72.0 Å². The maximum Gasteiger partial charge on any atom is 0.323 e. The Labute approximate surface area is 127 Å². The van der Waals surface area contributed by atoms with Crippen LogP contribution in [-0.4, -0.2) is 34.6 Å². The Kier molecular flexibility index (Phi) is 6.50. The van der Waals surface area contributed by atoms with Crippen molar-refractivity contribution in [3.8, 4) is 6.01 Å². The van der Waals surface area contributed by atoms with Gasteiger partial charge in [-0.05, 0) is 31.6 Å². The van der Waals surface area contributed by atoms with Crippen molar-refractivity contribution in [2.75, 3.05) is 30.3 Å². The van der Waals surface area contributed by atoms with Crippen LogP contribution in [0.15, 0.2) is 0 Å². The summed E-state index contributed by atoms with van der Waals surface area (Å²) in [5.41, 5.74) is 0. The number of hydrogen-bond acceptors (Lipinski definition) is 6. The van der Waals surface area contributed by atoms with E-state index in [0.717, 1.165) is 31.8 Å². The second-order valence-electron chi connectivity index (χ2n) is 5.57. The van der Waals surface area contributed by atoms with Crippen molar-refractivity contribution in [2.24, 2.45) is 5.92 Å². The second kappa shape index (κ2) is 8.64. The summed E-state index contributed by atoms with van der Waals surface area (Å²) in [4.78, 5) is 13.1. The molecule has 1 aromatic rings. The van der Waals surface area contributed by atoms with E-state index in [-0.39, 0.29) is 0 Å². The fourth-order valence-corrected chi connectivity index (χ4v) is 2.46. The largest absolute Gasteiger partial charge is 0.463 e. The average Bonchev–Trinajstić information content (AvgIpc) is 3.02. The molecule has 0 bridgehead atoms. The molecule has 6 nitrogen and oxygen atoms in total. The van der Waals surface area contributed by atoms with Crippen LogP contribution < -0.4 is 15.4 Å². The molecule has 0 aromatic carbocycles. The molecule has 1 saturated carbocycles. The minimum Gasteiger partial charge on any atom is -0.463 e. The van der Waals surface area contributed by atoms with Crippen LogP contribution in [0, 0.1) is 5.92 Å². The first-order chi connectivity index (χ1) is 10.3. The van der Waals surface area contributed by atoms with Crippen molar-refractivity contribution in [3.63, 3.8) is 0 Å². The lowest BCUT2D eigenvalue weighted by Gasteiger charge is -2.12. The first-order valence-electron chi connectivity index (χ1n) is 8.18. The summed E-state index contributed by atoms with van der Waals surface area (Å²) in [6.07, 6.45) is 7.27. The molecule has 2 rings (SSSR count). The first kappa shape index (κ1) is 15.8. The summed E-state index contributed by atoms with van der Waals surface area (Å²) >= 11 is 0. The van der Waals surface area contributed by atoms with Crippen molar-refractivity contribution in [3.05, 3.63) is 0 Å². The fraction of sp³-hybridized carbons (Fsp3) is 0.800. The minimum absolute atomic E-state index is 0.402. The highest BCUT2D eigenvalue weighted by Crippen LogP contribution is 2.24. The number of anilines is 2. The van der Waals surface area contributed by atoms with E-state index in [1.54, 1.807) is 0 Å². The molecule has 0 unspecified atom stereocenters. The van der Waals surface area contributed by atoms with Crippen molar-refractivity contribution in [1.29, 1.82) is 0 Å². The van der Waals surface area contributed by atoms with Gasteiger partial charge < -0.3 is 15.4 Å². The molecule has 2 N–H and O–H groups in total. The van der Waals surface area contributed by atoms with Crippen LogP contribution in [0.3, 0.4) is 0 Å². The van der Waals surface area contributed by atoms with Gasteiger partial charge in [0.15, 0.2) is 0 Å². The first-order valence-corrected chi connectivity index (χ1v) is 8.18. The van der Waals surface area contributed by atoms with E-state index >= 15 is 0 Å². The van der Waals surface area contributed by atoms with Gasteiger partial charge in [-0.1, -0.05) is 26.7 Å². The molecule has 0 aliphatic heterocycles. The average molecular weight is 293 g/mol. The molecular formula is C15H27N5O.